The van der Waals surface area contributed by atoms with E-state index in [-0.39, 0.29) is 38.2 Å². The lowest BCUT2D eigenvalue weighted by Crippen LogP contribution is -2.62. The van der Waals surface area contributed by atoms with Crippen LogP contribution in [0.3, 0.4) is 0 Å². The van der Waals surface area contributed by atoms with Gasteiger partial charge in [-0.25, -0.2) is 5.01 Å². The number of rotatable bonds is 13. The molecule has 2 aromatic rings. The number of ether oxygens (including phenoxy) is 3. The fourth-order valence-corrected chi connectivity index (χ4v) is 3.65. The number of hydrogen-bond donors (Lipinski definition) is 2. The van der Waals surface area contributed by atoms with Crippen molar-refractivity contribution in [2.75, 3.05) is 26.9 Å². The van der Waals surface area contributed by atoms with Crippen LogP contribution in [0, 0.1) is 24.7 Å². The summed E-state index contributed by atoms with van der Waals surface area (Å²) < 4.78 is 16.8. The summed E-state index contributed by atoms with van der Waals surface area (Å²) in [5, 5.41) is 4.20. The molecular weight excluding hydrogens is 522 g/mol. The molecule has 10 heteroatoms. The molecule has 1 atom stereocenters. The van der Waals surface area contributed by atoms with Crippen LogP contribution in [0.2, 0.25) is 5.02 Å². The first kappa shape index (κ1) is 31.0. The molecule has 2 rings (SSSR count). The van der Waals surface area contributed by atoms with Gasteiger partial charge in [0.25, 0.3) is 11.6 Å². The molecule has 0 fully saturated rings. The Kier molecular flexibility index (Phi) is 12.2. The number of carbonyl (C=O) groups excluding carboxylic acids is 3. The Morgan fingerprint density at radius 1 is 0.974 bits per heavy atom. The average molecular weight is 554 g/mol. The standard InChI is InChI=1S/C29H32ClN3O6/c1-6-18-38-24-15-10-21(20-25(24)37-5)16-17-33(32-27(35)9-4)28(36)29(39-19-7-2,31-26(34)8-3)22-11-13-23(30)14-12-22/h1-2,10-15,20H,8-9,16-19H2,3-5H3,(H,31,34)(H,32,35). The summed E-state index contributed by atoms with van der Waals surface area (Å²) >= 11 is 6.07. The van der Waals surface area contributed by atoms with Gasteiger partial charge in [-0.1, -0.05) is 55.5 Å². The van der Waals surface area contributed by atoms with E-state index in [0.29, 0.717) is 22.9 Å². The lowest BCUT2D eigenvalue weighted by molar-refractivity contribution is -0.172. The highest BCUT2D eigenvalue weighted by Gasteiger charge is 2.46. The van der Waals surface area contributed by atoms with Gasteiger partial charge < -0.3 is 19.5 Å². The van der Waals surface area contributed by atoms with Crippen LogP contribution in [-0.2, 0) is 31.3 Å². The van der Waals surface area contributed by atoms with Gasteiger partial charge in [0.1, 0.15) is 13.2 Å². The van der Waals surface area contributed by atoms with E-state index in [1.165, 1.54) is 7.11 Å². The number of benzene rings is 2. The van der Waals surface area contributed by atoms with E-state index in [4.69, 9.17) is 38.7 Å². The van der Waals surface area contributed by atoms with Crippen molar-refractivity contribution < 1.29 is 28.6 Å². The second kappa shape index (κ2) is 15.3. The van der Waals surface area contributed by atoms with Gasteiger partial charge in [0.15, 0.2) is 11.5 Å². The van der Waals surface area contributed by atoms with Crippen LogP contribution < -0.4 is 20.2 Å². The SMILES string of the molecule is C#CCOc1ccc(CCN(NC(=O)CC)C(=O)C(NC(=O)CC)(OCC#C)c2ccc(Cl)cc2)cc1OC. The highest BCUT2D eigenvalue weighted by Crippen LogP contribution is 2.30. The largest absolute Gasteiger partial charge is 0.493 e. The van der Waals surface area contributed by atoms with Crippen LogP contribution >= 0.6 is 11.6 Å². The number of methoxy groups -OCH3 is 1. The molecule has 206 valence electrons. The Balaban J connectivity index is 2.50. The van der Waals surface area contributed by atoms with Crippen LogP contribution in [0.15, 0.2) is 42.5 Å². The fourth-order valence-electron chi connectivity index (χ4n) is 3.52. The maximum absolute atomic E-state index is 14.2. The summed E-state index contributed by atoms with van der Waals surface area (Å²) in [6.45, 7) is 3.08. The molecule has 3 amide bonds. The Bertz CT molecular complexity index is 1240. The van der Waals surface area contributed by atoms with Crippen molar-refractivity contribution in [3.63, 3.8) is 0 Å². The minimum atomic E-state index is -2.03. The molecule has 2 aromatic carbocycles. The molecule has 2 N–H and O–H groups in total. The van der Waals surface area contributed by atoms with Crippen molar-refractivity contribution in [3.05, 3.63) is 58.6 Å². The maximum atomic E-state index is 14.2. The maximum Gasteiger partial charge on any atom is 0.299 e. The summed E-state index contributed by atoms with van der Waals surface area (Å²) in [6.07, 6.45) is 11.2. The predicted octanol–water partition coefficient (Wildman–Crippen LogP) is 3.20. The Hall–Kier alpha value is -4.18. The predicted molar refractivity (Wildman–Crippen MR) is 148 cm³/mol. The zero-order chi connectivity index (χ0) is 28.8. The molecule has 0 saturated heterocycles. The first-order chi connectivity index (χ1) is 18.7. The van der Waals surface area contributed by atoms with Crippen LogP contribution in [0.1, 0.15) is 37.8 Å². The van der Waals surface area contributed by atoms with Gasteiger partial charge in [0, 0.05) is 30.0 Å². The fraction of sp³-hybridized carbons (Fsp3) is 0.345. The molecule has 0 bridgehead atoms. The zero-order valence-electron chi connectivity index (χ0n) is 22.2. The quantitative estimate of drug-likeness (QED) is 0.224. The minimum Gasteiger partial charge on any atom is -0.493 e. The number of hydrazine groups is 1. The van der Waals surface area contributed by atoms with Gasteiger partial charge in [0.05, 0.1) is 7.11 Å². The molecule has 0 saturated carbocycles. The molecule has 9 nitrogen and oxygen atoms in total. The van der Waals surface area contributed by atoms with Gasteiger partial charge in [-0.2, -0.15) is 0 Å². The van der Waals surface area contributed by atoms with E-state index in [2.05, 4.69) is 22.6 Å². The van der Waals surface area contributed by atoms with E-state index in [9.17, 15) is 14.4 Å². The highest BCUT2D eigenvalue weighted by molar-refractivity contribution is 6.30. The number of nitrogens with one attached hydrogen (secondary N) is 2. The van der Waals surface area contributed by atoms with Crippen molar-refractivity contribution in [1.82, 2.24) is 15.8 Å². The average Bonchev–Trinajstić information content (AvgIpc) is 2.96. The van der Waals surface area contributed by atoms with E-state index in [1.54, 1.807) is 56.3 Å². The molecule has 39 heavy (non-hydrogen) atoms. The second-order valence-corrected chi connectivity index (χ2v) is 8.59. The highest BCUT2D eigenvalue weighted by atomic mass is 35.5. The summed E-state index contributed by atoms with van der Waals surface area (Å²) in [5.41, 5.74) is 1.64. The Labute approximate surface area is 234 Å². The van der Waals surface area contributed by atoms with E-state index >= 15 is 0 Å². The monoisotopic (exact) mass is 553 g/mol. The summed E-state index contributed by atoms with van der Waals surface area (Å²) in [5.74, 6) is 4.04. The number of halogens is 1. The molecule has 0 aliphatic rings. The normalized spacial score (nSPS) is 11.7. The van der Waals surface area contributed by atoms with Gasteiger partial charge >= 0.3 is 0 Å². The molecular formula is C29H32ClN3O6. The molecule has 0 heterocycles. The van der Waals surface area contributed by atoms with E-state index in [0.717, 1.165) is 10.6 Å². The van der Waals surface area contributed by atoms with E-state index < -0.39 is 23.4 Å². The third-order valence-corrected chi connectivity index (χ3v) is 5.80. The molecule has 0 spiro atoms. The first-order valence-electron chi connectivity index (χ1n) is 12.2. The number of terminal acetylenes is 2. The van der Waals surface area contributed by atoms with Crippen LogP contribution in [0.4, 0.5) is 0 Å². The molecule has 0 radical (unpaired) electrons. The molecule has 0 aliphatic heterocycles. The van der Waals surface area contributed by atoms with Crippen molar-refractivity contribution in [3.8, 4) is 36.2 Å². The molecule has 1 unspecified atom stereocenters. The number of nitrogens with zero attached hydrogens (tertiary/aromatic N) is 1. The van der Waals surface area contributed by atoms with Gasteiger partial charge in [-0.3, -0.25) is 19.8 Å². The third kappa shape index (κ3) is 8.41. The Morgan fingerprint density at radius 3 is 2.23 bits per heavy atom. The lowest BCUT2D eigenvalue weighted by Gasteiger charge is -2.37. The van der Waals surface area contributed by atoms with Gasteiger partial charge in [-0.15, -0.1) is 12.8 Å². The van der Waals surface area contributed by atoms with Crippen LogP contribution in [0.5, 0.6) is 11.5 Å². The van der Waals surface area contributed by atoms with Crippen molar-refractivity contribution in [1.29, 1.82) is 0 Å². The summed E-state index contributed by atoms with van der Waals surface area (Å²) in [4.78, 5) is 39.3. The Morgan fingerprint density at radius 2 is 1.64 bits per heavy atom. The third-order valence-electron chi connectivity index (χ3n) is 5.55. The smallest absolute Gasteiger partial charge is 0.299 e. The van der Waals surface area contributed by atoms with Crippen molar-refractivity contribution >= 4 is 29.3 Å². The topological polar surface area (TPSA) is 106 Å². The summed E-state index contributed by atoms with van der Waals surface area (Å²) in [7, 11) is 1.50. The lowest BCUT2D eigenvalue weighted by atomic mass is 10.00. The molecule has 0 aliphatic carbocycles. The summed E-state index contributed by atoms with van der Waals surface area (Å²) in [6, 6.07) is 11.5. The van der Waals surface area contributed by atoms with Gasteiger partial charge in [-0.05, 0) is 36.2 Å². The number of amides is 3. The van der Waals surface area contributed by atoms with Crippen molar-refractivity contribution in [2.24, 2.45) is 0 Å². The first-order valence-corrected chi connectivity index (χ1v) is 12.6. The zero-order valence-corrected chi connectivity index (χ0v) is 23.0. The second-order valence-electron chi connectivity index (χ2n) is 8.16. The number of carbonyl (C=O) groups is 3. The van der Waals surface area contributed by atoms with Gasteiger partial charge in [0.2, 0.25) is 11.8 Å². The van der Waals surface area contributed by atoms with E-state index in [1.807, 2.05) is 0 Å². The van der Waals surface area contributed by atoms with Crippen LogP contribution in [0.25, 0.3) is 0 Å². The van der Waals surface area contributed by atoms with Crippen LogP contribution in [-0.4, -0.2) is 49.6 Å². The minimum absolute atomic E-state index is 0.0229. The molecule has 0 aromatic heterocycles. The van der Waals surface area contributed by atoms with Crippen molar-refractivity contribution in [2.45, 2.75) is 38.8 Å². The number of hydrogen-bond acceptors (Lipinski definition) is 6.